The molecule has 22 heavy (non-hydrogen) atoms. The van der Waals surface area contributed by atoms with Crippen molar-refractivity contribution in [1.29, 1.82) is 0 Å². The lowest BCUT2D eigenvalue weighted by atomic mass is 10.1. The third kappa shape index (κ3) is 4.31. The molecule has 0 radical (unpaired) electrons. The Kier molecular flexibility index (Phi) is 5.14. The normalized spacial score (nSPS) is 13.4. The molecule has 2 N–H and O–H groups in total. The Bertz CT molecular complexity index is 594. The van der Waals surface area contributed by atoms with Gasteiger partial charge >= 0.3 is 5.97 Å². The van der Waals surface area contributed by atoms with E-state index in [9.17, 15) is 14.4 Å². The summed E-state index contributed by atoms with van der Waals surface area (Å²) in [7, 11) is 1.29. The number of esters is 1. The molecule has 6 nitrogen and oxygen atoms in total. The lowest BCUT2D eigenvalue weighted by Gasteiger charge is -2.13. The first kappa shape index (κ1) is 16.0. The van der Waals surface area contributed by atoms with Gasteiger partial charge in [0.15, 0.2) is 0 Å². The highest BCUT2D eigenvalue weighted by Gasteiger charge is 2.29. The van der Waals surface area contributed by atoms with E-state index >= 15 is 0 Å². The van der Waals surface area contributed by atoms with Gasteiger partial charge in [0.1, 0.15) is 0 Å². The monoisotopic (exact) mass is 304 g/mol. The Morgan fingerprint density at radius 1 is 1.14 bits per heavy atom. The molecule has 0 aliphatic heterocycles. The van der Waals surface area contributed by atoms with E-state index in [1.54, 1.807) is 18.2 Å². The molecule has 0 spiro atoms. The van der Waals surface area contributed by atoms with Crippen molar-refractivity contribution in [2.45, 2.75) is 32.6 Å². The molecule has 2 amide bonds. The first-order valence-corrected chi connectivity index (χ1v) is 7.28. The van der Waals surface area contributed by atoms with E-state index in [0.717, 1.165) is 18.4 Å². The number of amides is 2. The zero-order valence-electron chi connectivity index (χ0n) is 12.8. The molecular weight excluding hydrogens is 284 g/mol. The van der Waals surface area contributed by atoms with E-state index in [1.165, 1.54) is 7.11 Å². The molecule has 1 fully saturated rings. The highest BCUT2D eigenvalue weighted by molar-refractivity contribution is 5.97. The van der Waals surface area contributed by atoms with Crippen LogP contribution in [-0.4, -0.2) is 24.9 Å². The van der Waals surface area contributed by atoms with Gasteiger partial charge in [-0.15, -0.1) is 0 Å². The minimum absolute atomic E-state index is 0.0252. The Labute approximate surface area is 129 Å². The van der Waals surface area contributed by atoms with Crippen LogP contribution < -0.4 is 10.6 Å². The van der Waals surface area contributed by atoms with Crippen molar-refractivity contribution in [3.8, 4) is 0 Å². The van der Waals surface area contributed by atoms with Gasteiger partial charge in [-0.2, -0.15) is 0 Å². The highest BCUT2D eigenvalue weighted by atomic mass is 16.5. The number of hydrogen-bond donors (Lipinski definition) is 2. The Morgan fingerprint density at radius 2 is 1.77 bits per heavy atom. The summed E-state index contributed by atoms with van der Waals surface area (Å²) in [6.07, 6.45) is 1.98. The predicted molar refractivity (Wildman–Crippen MR) is 82.4 cm³/mol. The average molecular weight is 304 g/mol. The molecule has 0 unspecified atom stereocenters. The number of rotatable bonds is 6. The van der Waals surface area contributed by atoms with Gasteiger partial charge < -0.3 is 15.4 Å². The van der Waals surface area contributed by atoms with E-state index in [1.807, 2.05) is 6.92 Å². The summed E-state index contributed by atoms with van der Waals surface area (Å²) in [5.41, 5.74) is 2.12. The van der Waals surface area contributed by atoms with Crippen LogP contribution in [0.5, 0.6) is 0 Å². The van der Waals surface area contributed by atoms with E-state index < -0.39 is 5.97 Å². The van der Waals surface area contributed by atoms with Crippen LogP contribution in [0.3, 0.4) is 0 Å². The zero-order valence-corrected chi connectivity index (χ0v) is 12.8. The topological polar surface area (TPSA) is 84.5 Å². The lowest BCUT2D eigenvalue weighted by Crippen LogP contribution is -2.17. The number of carbonyl (C=O) groups is 3. The van der Waals surface area contributed by atoms with Crippen LogP contribution in [-0.2, 0) is 19.1 Å². The van der Waals surface area contributed by atoms with Crippen molar-refractivity contribution >= 4 is 29.2 Å². The van der Waals surface area contributed by atoms with E-state index in [-0.39, 0.29) is 30.6 Å². The molecule has 1 aromatic carbocycles. The van der Waals surface area contributed by atoms with Gasteiger partial charge in [-0.05, 0) is 37.5 Å². The molecule has 6 heteroatoms. The smallest absolute Gasteiger partial charge is 0.306 e. The molecule has 1 aliphatic rings. The summed E-state index contributed by atoms with van der Waals surface area (Å²) in [5.74, 6) is -0.536. The number of nitrogens with one attached hydrogen (secondary N) is 2. The van der Waals surface area contributed by atoms with Gasteiger partial charge in [0.05, 0.1) is 13.5 Å². The third-order valence-electron chi connectivity index (χ3n) is 3.60. The standard InChI is InChI=1S/C16H20N2O4/c1-10-12(17-14(19)8-9-15(20)22-2)4-3-5-13(10)18-16(21)11-6-7-11/h3-5,11H,6-9H2,1-2H3,(H,17,19)(H,18,21). The van der Waals surface area contributed by atoms with Gasteiger partial charge in [-0.3, -0.25) is 14.4 Å². The van der Waals surface area contributed by atoms with Crippen LogP contribution in [0, 0.1) is 12.8 Å². The summed E-state index contributed by atoms with van der Waals surface area (Å²) in [6.45, 7) is 1.83. The van der Waals surface area contributed by atoms with Crippen molar-refractivity contribution < 1.29 is 19.1 Å². The zero-order chi connectivity index (χ0) is 16.1. The second-order valence-electron chi connectivity index (χ2n) is 5.37. The van der Waals surface area contributed by atoms with Gasteiger partial charge in [-0.1, -0.05) is 6.07 Å². The summed E-state index contributed by atoms with van der Waals surface area (Å²) >= 11 is 0. The van der Waals surface area contributed by atoms with Crippen LogP contribution in [0.1, 0.15) is 31.2 Å². The van der Waals surface area contributed by atoms with Crippen LogP contribution in [0.2, 0.25) is 0 Å². The Morgan fingerprint density at radius 3 is 2.36 bits per heavy atom. The maximum absolute atomic E-state index is 11.8. The number of benzene rings is 1. The number of carbonyl (C=O) groups excluding carboxylic acids is 3. The minimum atomic E-state index is -0.419. The van der Waals surface area contributed by atoms with Gasteiger partial charge in [0.25, 0.3) is 0 Å². The molecule has 118 valence electrons. The van der Waals surface area contributed by atoms with Gasteiger partial charge in [0, 0.05) is 23.7 Å². The van der Waals surface area contributed by atoms with Crippen molar-refractivity contribution in [3.05, 3.63) is 23.8 Å². The molecule has 0 heterocycles. The minimum Gasteiger partial charge on any atom is -0.469 e. The lowest BCUT2D eigenvalue weighted by molar-refractivity contribution is -0.141. The molecule has 2 rings (SSSR count). The van der Waals surface area contributed by atoms with Crippen LogP contribution in [0.15, 0.2) is 18.2 Å². The second kappa shape index (κ2) is 7.06. The van der Waals surface area contributed by atoms with Gasteiger partial charge in [-0.25, -0.2) is 0 Å². The molecule has 0 bridgehead atoms. The van der Waals surface area contributed by atoms with E-state index in [2.05, 4.69) is 15.4 Å². The van der Waals surface area contributed by atoms with E-state index in [0.29, 0.717) is 11.4 Å². The fourth-order valence-electron chi connectivity index (χ4n) is 2.02. The number of hydrogen-bond acceptors (Lipinski definition) is 4. The summed E-state index contributed by atoms with van der Waals surface area (Å²) in [4.78, 5) is 34.7. The molecule has 0 aromatic heterocycles. The SMILES string of the molecule is COC(=O)CCC(=O)Nc1cccc(NC(=O)C2CC2)c1C. The van der Waals surface area contributed by atoms with Crippen LogP contribution in [0.25, 0.3) is 0 Å². The first-order chi connectivity index (χ1) is 10.5. The Balaban J connectivity index is 1.97. The number of ether oxygens (including phenoxy) is 1. The van der Waals surface area contributed by atoms with Crippen molar-refractivity contribution in [2.24, 2.45) is 5.92 Å². The predicted octanol–water partition coefficient (Wildman–Crippen LogP) is 2.24. The molecule has 0 atom stereocenters. The Hall–Kier alpha value is -2.37. The second-order valence-corrected chi connectivity index (χ2v) is 5.37. The molecular formula is C16H20N2O4. The summed E-state index contributed by atoms with van der Waals surface area (Å²) < 4.78 is 4.50. The third-order valence-corrected chi connectivity index (χ3v) is 3.60. The largest absolute Gasteiger partial charge is 0.469 e. The fourth-order valence-corrected chi connectivity index (χ4v) is 2.02. The molecule has 1 saturated carbocycles. The number of methoxy groups -OCH3 is 1. The quantitative estimate of drug-likeness (QED) is 0.789. The maximum Gasteiger partial charge on any atom is 0.306 e. The summed E-state index contributed by atoms with van der Waals surface area (Å²) in [5, 5.41) is 5.63. The van der Waals surface area contributed by atoms with Crippen molar-refractivity contribution in [1.82, 2.24) is 0 Å². The molecule has 0 saturated heterocycles. The van der Waals surface area contributed by atoms with Crippen LogP contribution >= 0.6 is 0 Å². The maximum atomic E-state index is 11.8. The number of anilines is 2. The molecule has 1 aromatic rings. The first-order valence-electron chi connectivity index (χ1n) is 7.28. The molecule has 1 aliphatic carbocycles. The van der Waals surface area contributed by atoms with Gasteiger partial charge in [0.2, 0.25) is 11.8 Å². The average Bonchev–Trinajstić information content (AvgIpc) is 3.33. The summed E-state index contributed by atoms with van der Waals surface area (Å²) in [6, 6.07) is 5.34. The fraction of sp³-hybridized carbons (Fsp3) is 0.438. The van der Waals surface area contributed by atoms with E-state index in [4.69, 9.17) is 0 Å². The van der Waals surface area contributed by atoms with Crippen LogP contribution in [0.4, 0.5) is 11.4 Å². The van der Waals surface area contributed by atoms with Crippen molar-refractivity contribution in [3.63, 3.8) is 0 Å². The van der Waals surface area contributed by atoms with Crippen molar-refractivity contribution in [2.75, 3.05) is 17.7 Å². The highest BCUT2D eigenvalue weighted by Crippen LogP contribution is 2.31.